The quantitative estimate of drug-likeness (QED) is 0.633. The molecule has 2 saturated heterocycles. The van der Waals surface area contributed by atoms with Crippen LogP contribution < -0.4 is 20.4 Å². The number of nitrogens with zero attached hydrogens (tertiary/aromatic N) is 4. The zero-order valence-corrected chi connectivity index (χ0v) is 14.2. The van der Waals surface area contributed by atoms with Gasteiger partial charge in [0.05, 0.1) is 0 Å². The third kappa shape index (κ3) is 4.10. The van der Waals surface area contributed by atoms with Crippen LogP contribution in [0.2, 0.25) is 0 Å². The van der Waals surface area contributed by atoms with E-state index in [-0.39, 0.29) is 0 Å². The lowest BCUT2D eigenvalue weighted by Crippen LogP contribution is -2.30. The van der Waals surface area contributed by atoms with Crippen molar-refractivity contribution in [3.8, 4) is 0 Å². The lowest BCUT2D eigenvalue weighted by Gasteiger charge is -2.22. The topological polar surface area (TPSA) is 56.3 Å². The molecule has 0 saturated carbocycles. The minimum Gasteiger partial charge on any atom is -0.359 e. The third-order valence-electron chi connectivity index (χ3n) is 4.19. The van der Waals surface area contributed by atoms with Crippen molar-refractivity contribution in [2.75, 3.05) is 47.8 Å². The Labute approximate surface area is 143 Å². The van der Waals surface area contributed by atoms with Crippen molar-refractivity contribution in [1.29, 1.82) is 0 Å². The number of rotatable bonds is 5. The summed E-state index contributed by atoms with van der Waals surface area (Å²) >= 11 is 5.28. The molecule has 2 aliphatic rings. The van der Waals surface area contributed by atoms with Crippen molar-refractivity contribution in [3.63, 3.8) is 0 Å². The van der Waals surface area contributed by atoms with E-state index in [1.54, 1.807) is 6.08 Å². The first-order valence-electron chi connectivity index (χ1n) is 8.31. The lowest BCUT2D eigenvalue weighted by atomic mass is 10.4. The molecule has 0 spiro atoms. The Morgan fingerprint density at radius 2 is 1.61 bits per heavy atom. The summed E-state index contributed by atoms with van der Waals surface area (Å²) in [6.07, 6.45) is 6.68. The summed E-state index contributed by atoms with van der Waals surface area (Å²) in [5.74, 6) is 2.56. The van der Waals surface area contributed by atoms with E-state index < -0.39 is 0 Å². The van der Waals surface area contributed by atoms with E-state index in [0.29, 0.717) is 17.6 Å². The van der Waals surface area contributed by atoms with Gasteiger partial charge >= 0.3 is 0 Å². The van der Waals surface area contributed by atoms with Crippen LogP contribution in [0, 0.1) is 0 Å². The normalized spacial score (nSPS) is 17.4. The summed E-state index contributed by atoms with van der Waals surface area (Å²) in [5.41, 5.74) is 0. The number of aromatic nitrogens is 2. The number of thiocarbonyl (C=S) groups is 1. The maximum Gasteiger partial charge on any atom is 0.232 e. The first kappa shape index (κ1) is 16.0. The Morgan fingerprint density at radius 1 is 1.09 bits per heavy atom. The van der Waals surface area contributed by atoms with Gasteiger partial charge < -0.3 is 20.4 Å². The van der Waals surface area contributed by atoms with Crippen LogP contribution in [-0.2, 0) is 0 Å². The predicted octanol–water partition coefficient (Wildman–Crippen LogP) is 2.15. The molecule has 7 heteroatoms. The van der Waals surface area contributed by atoms with Gasteiger partial charge in [-0.1, -0.05) is 6.08 Å². The first-order chi connectivity index (χ1) is 11.3. The van der Waals surface area contributed by atoms with E-state index in [0.717, 1.165) is 37.8 Å². The molecule has 23 heavy (non-hydrogen) atoms. The molecule has 2 aliphatic heterocycles. The van der Waals surface area contributed by atoms with E-state index in [9.17, 15) is 0 Å². The summed E-state index contributed by atoms with van der Waals surface area (Å²) in [6, 6.07) is 2.11. The second-order valence-corrected chi connectivity index (χ2v) is 6.33. The van der Waals surface area contributed by atoms with Gasteiger partial charge in [-0.25, -0.2) is 0 Å². The summed E-state index contributed by atoms with van der Waals surface area (Å²) < 4.78 is 0. The molecule has 3 rings (SSSR count). The van der Waals surface area contributed by atoms with Gasteiger partial charge in [0, 0.05) is 38.8 Å². The molecule has 2 fully saturated rings. The molecule has 0 atom stereocenters. The highest BCUT2D eigenvalue weighted by Gasteiger charge is 2.20. The van der Waals surface area contributed by atoms with Crippen LogP contribution >= 0.6 is 12.2 Å². The Kier molecular flexibility index (Phi) is 5.27. The second kappa shape index (κ2) is 7.59. The molecular weight excluding hydrogens is 308 g/mol. The molecule has 0 amide bonds. The molecular formula is C16H24N6S. The van der Waals surface area contributed by atoms with Crippen molar-refractivity contribution >= 4 is 34.9 Å². The minimum atomic E-state index is 0.524. The standard InChI is InChI=1S/C16H24N6S/c1-2-7-17-16(23)20-15-18-13(21-8-3-4-9-21)12-14(19-15)22-10-5-6-11-22/h2,12H,1,3-11H2,(H2,17,18,19,20,23). The molecule has 2 N–H and O–H groups in total. The minimum absolute atomic E-state index is 0.524. The van der Waals surface area contributed by atoms with Gasteiger partial charge in [0.15, 0.2) is 5.11 Å². The number of anilines is 3. The molecule has 6 nitrogen and oxygen atoms in total. The van der Waals surface area contributed by atoms with Gasteiger partial charge in [-0.3, -0.25) is 0 Å². The van der Waals surface area contributed by atoms with Crippen LogP contribution in [-0.4, -0.2) is 47.8 Å². The molecule has 1 aromatic heterocycles. The summed E-state index contributed by atoms with van der Waals surface area (Å²) in [6.45, 7) is 8.56. The van der Waals surface area contributed by atoms with Crippen LogP contribution in [0.3, 0.4) is 0 Å². The third-order valence-corrected chi connectivity index (χ3v) is 4.44. The molecule has 0 radical (unpaired) electrons. The van der Waals surface area contributed by atoms with Crippen LogP contribution in [0.1, 0.15) is 25.7 Å². The van der Waals surface area contributed by atoms with E-state index in [1.165, 1.54) is 25.7 Å². The van der Waals surface area contributed by atoms with Crippen LogP contribution in [0.4, 0.5) is 17.6 Å². The van der Waals surface area contributed by atoms with E-state index in [2.05, 4.69) is 43.0 Å². The maximum atomic E-state index is 5.28. The van der Waals surface area contributed by atoms with Crippen molar-refractivity contribution in [2.24, 2.45) is 0 Å². The Hall–Kier alpha value is -1.89. The van der Waals surface area contributed by atoms with Crippen molar-refractivity contribution in [3.05, 3.63) is 18.7 Å². The zero-order chi connectivity index (χ0) is 16.1. The average molecular weight is 332 g/mol. The fourth-order valence-electron chi connectivity index (χ4n) is 3.00. The van der Waals surface area contributed by atoms with E-state index in [1.807, 2.05) is 0 Å². The molecule has 0 aromatic carbocycles. The van der Waals surface area contributed by atoms with E-state index >= 15 is 0 Å². The molecule has 0 bridgehead atoms. The number of hydrogen-bond donors (Lipinski definition) is 2. The number of hydrogen-bond acceptors (Lipinski definition) is 5. The molecule has 0 aliphatic carbocycles. The SMILES string of the molecule is C=CCNC(=S)Nc1nc(N2CCCC2)cc(N2CCCC2)n1. The molecule has 1 aromatic rings. The maximum absolute atomic E-state index is 5.28. The van der Waals surface area contributed by atoms with Gasteiger partial charge in [-0.05, 0) is 37.9 Å². The molecule has 3 heterocycles. The highest BCUT2D eigenvalue weighted by Crippen LogP contribution is 2.26. The smallest absolute Gasteiger partial charge is 0.232 e. The Balaban J connectivity index is 1.81. The van der Waals surface area contributed by atoms with Gasteiger partial charge in [0.2, 0.25) is 5.95 Å². The summed E-state index contributed by atoms with van der Waals surface area (Å²) in [5, 5.41) is 6.68. The van der Waals surface area contributed by atoms with Crippen LogP contribution in [0.5, 0.6) is 0 Å². The fourth-order valence-corrected chi connectivity index (χ4v) is 3.18. The van der Waals surface area contributed by atoms with Crippen molar-refractivity contribution < 1.29 is 0 Å². The lowest BCUT2D eigenvalue weighted by molar-refractivity contribution is 0.899. The Bertz CT molecular complexity index is 529. The Morgan fingerprint density at radius 3 is 2.09 bits per heavy atom. The monoisotopic (exact) mass is 332 g/mol. The van der Waals surface area contributed by atoms with E-state index in [4.69, 9.17) is 12.2 Å². The largest absolute Gasteiger partial charge is 0.359 e. The van der Waals surface area contributed by atoms with Crippen molar-refractivity contribution in [2.45, 2.75) is 25.7 Å². The highest BCUT2D eigenvalue weighted by atomic mass is 32.1. The fraction of sp³-hybridized carbons (Fsp3) is 0.562. The van der Waals surface area contributed by atoms with Gasteiger partial charge in [0.25, 0.3) is 0 Å². The van der Waals surface area contributed by atoms with Gasteiger partial charge in [-0.15, -0.1) is 6.58 Å². The first-order valence-corrected chi connectivity index (χ1v) is 8.72. The van der Waals surface area contributed by atoms with Gasteiger partial charge in [0.1, 0.15) is 11.6 Å². The van der Waals surface area contributed by atoms with Crippen LogP contribution in [0.25, 0.3) is 0 Å². The molecule has 0 unspecified atom stereocenters. The molecule has 124 valence electrons. The zero-order valence-electron chi connectivity index (χ0n) is 13.4. The van der Waals surface area contributed by atoms with Crippen molar-refractivity contribution in [1.82, 2.24) is 15.3 Å². The summed E-state index contributed by atoms with van der Waals surface area (Å²) in [4.78, 5) is 14.0. The van der Waals surface area contributed by atoms with Crippen LogP contribution in [0.15, 0.2) is 18.7 Å². The highest BCUT2D eigenvalue weighted by molar-refractivity contribution is 7.80. The summed E-state index contributed by atoms with van der Waals surface area (Å²) in [7, 11) is 0. The predicted molar refractivity (Wildman–Crippen MR) is 99.3 cm³/mol. The second-order valence-electron chi connectivity index (χ2n) is 5.92. The number of nitrogens with one attached hydrogen (secondary N) is 2. The average Bonchev–Trinajstić information content (AvgIpc) is 3.25. The van der Waals surface area contributed by atoms with Gasteiger partial charge in [-0.2, -0.15) is 9.97 Å².